The molecule has 0 saturated heterocycles. The van der Waals surface area contributed by atoms with Crippen molar-refractivity contribution in [1.82, 2.24) is 4.98 Å². The number of hydrogen-bond acceptors (Lipinski definition) is 2. The van der Waals surface area contributed by atoms with Crippen LogP contribution >= 0.6 is 0 Å². The van der Waals surface area contributed by atoms with Gasteiger partial charge in [-0.3, -0.25) is 4.79 Å². The molecule has 1 N–H and O–H groups in total. The van der Waals surface area contributed by atoms with E-state index in [1.165, 1.54) is 11.1 Å². The van der Waals surface area contributed by atoms with Gasteiger partial charge in [0.2, 0.25) is 0 Å². The summed E-state index contributed by atoms with van der Waals surface area (Å²) in [5, 5.41) is 1.13. The minimum Gasteiger partial charge on any atom is -0.377 e. The van der Waals surface area contributed by atoms with Gasteiger partial charge in [0.05, 0.1) is 0 Å². The number of fused-ring (bicyclic) bond motifs is 1. The van der Waals surface area contributed by atoms with Gasteiger partial charge in [0.25, 0.3) is 5.56 Å². The van der Waals surface area contributed by atoms with Gasteiger partial charge in [0.15, 0.2) is 0 Å². The number of anilines is 1. The van der Waals surface area contributed by atoms with Crippen LogP contribution in [0.25, 0.3) is 10.9 Å². The van der Waals surface area contributed by atoms with Gasteiger partial charge < -0.3 is 9.88 Å². The van der Waals surface area contributed by atoms with Crippen LogP contribution < -0.4 is 10.5 Å². The summed E-state index contributed by atoms with van der Waals surface area (Å²) in [6.07, 6.45) is 1.61. The second-order valence-corrected chi connectivity index (χ2v) is 6.49. The van der Waals surface area contributed by atoms with Crippen LogP contribution in [-0.2, 0) is 12.8 Å². The fraction of sp³-hybridized carbons (Fsp3) is 0.286. The highest BCUT2D eigenvalue weighted by atomic mass is 16.1. The lowest BCUT2D eigenvalue weighted by atomic mass is 9.96. The Morgan fingerprint density at radius 3 is 2.54 bits per heavy atom. The maximum absolute atomic E-state index is 12.7. The van der Waals surface area contributed by atoms with Crippen molar-refractivity contribution in [1.29, 1.82) is 0 Å². The number of nitrogens with one attached hydrogen (secondary N) is 1. The Labute approximate surface area is 143 Å². The standard InChI is InChI=1S/C21H24N2O/c1-5-15-10-11-17-14(2)18(21(24)22-19(17)12-15)13-16-8-6-7-9-20(16)23(3)4/h6-12H,5,13H2,1-4H3,(H,22,24). The molecule has 3 heteroatoms. The fourth-order valence-electron chi connectivity index (χ4n) is 3.27. The molecule has 3 aromatic rings. The molecule has 1 heterocycles. The molecule has 0 aliphatic rings. The SMILES string of the molecule is CCc1ccc2c(C)c(Cc3ccccc3N(C)C)c(=O)[nH]c2c1. The van der Waals surface area contributed by atoms with Crippen molar-refractivity contribution < 1.29 is 0 Å². The Bertz CT molecular complexity index is 938. The first-order valence-corrected chi connectivity index (χ1v) is 8.41. The molecule has 0 radical (unpaired) electrons. The lowest BCUT2D eigenvalue weighted by Crippen LogP contribution is -2.17. The van der Waals surface area contributed by atoms with Crippen LogP contribution in [0.2, 0.25) is 0 Å². The van der Waals surface area contributed by atoms with E-state index in [9.17, 15) is 4.79 Å². The summed E-state index contributed by atoms with van der Waals surface area (Å²) in [4.78, 5) is 17.8. The summed E-state index contributed by atoms with van der Waals surface area (Å²) in [5.41, 5.74) is 6.43. The highest BCUT2D eigenvalue weighted by Crippen LogP contribution is 2.24. The van der Waals surface area contributed by atoms with E-state index in [1.54, 1.807) is 0 Å². The van der Waals surface area contributed by atoms with Gasteiger partial charge in [-0.25, -0.2) is 0 Å². The van der Waals surface area contributed by atoms with Crippen molar-refractivity contribution >= 4 is 16.6 Å². The number of rotatable bonds is 4. The third kappa shape index (κ3) is 2.94. The summed E-state index contributed by atoms with van der Waals surface area (Å²) in [7, 11) is 4.06. The van der Waals surface area contributed by atoms with Gasteiger partial charge in [-0.15, -0.1) is 0 Å². The Morgan fingerprint density at radius 1 is 1.08 bits per heavy atom. The number of aromatic nitrogens is 1. The predicted molar refractivity (Wildman–Crippen MR) is 102 cm³/mol. The zero-order valence-corrected chi connectivity index (χ0v) is 14.8. The van der Waals surface area contributed by atoms with Crippen molar-refractivity contribution in [3.05, 3.63) is 75.1 Å². The summed E-state index contributed by atoms with van der Waals surface area (Å²) in [5.74, 6) is 0. The second kappa shape index (κ2) is 6.52. The van der Waals surface area contributed by atoms with Gasteiger partial charge in [-0.2, -0.15) is 0 Å². The Hall–Kier alpha value is -2.55. The number of pyridine rings is 1. The lowest BCUT2D eigenvalue weighted by Gasteiger charge is -2.18. The molecule has 0 aliphatic carbocycles. The van der Waals surface area contributed by atoms with Gasteiger partial charge in [0.1, 0.15) is 0 Å². The van der Waals surface area contributed by atoms with Crippen LogP contribution in [0, 0.1) is 6.92 Å². The van der Waals surface area contributed by atoms with Gasteiger partial charge in [0, 0.05) is 42.7 Å². The monoisotopic (exact) mass is 320 g/mol. The molecule has 0 amide bonds. The summed E-state index contributed by atoms with van der Waals surface area (Å²) in [6.45, 7) is 4.18. The number of aromatic amines is 1. The second-order valence-electron chi connectivity index (χ2n) is 6.49. The number of hydrogen-bond donors (Lipinski definition) is 1. The minimum atomic E-state index is 0.0156. The Balaban J connectivity index is 2.13. The van der Waals surface area contributed by atoms with Crippen LogP contribution in [0.5, 0.6) is 0 Å². The van der Waals surface area contributed by atoms with Crippen molar-refractivity contribution in [3.8, 4) is 0 Å². The molecule has 0 spiro atoms. The fourth-order valence-corrected chi connectivity index (χ4v) is 3.27. The molecule has 0 unspecified atom stereocenters. The molecule has 1 aromatic heterocycles. The highest BCUT2D eigenvalue weighted by Gasteiger charge is 2.13. The van der Waals surface area contributed by atoms with Crippen LogP contribution in [0.15, 0.2) is 47.3 Å². The van der Waals surface area contributed by atoms with Crippen LogP contribution in [0.3, 0.4) is 0 Å². The van der Waals surface area contributed by atoms with Crippen molar-refractivity contribution in [3.63, 3.8) is 0 Å². The molecule has 0 bridgehead atoms. The largest absolute Gasteiger partial charge is 0.377 e. The molecular weight excluding hydrogens is 296 g/mol. The molecule has 3 nitrogen and oxygen atoms in total. The van der Waals surface area contributed by atoms with Gasteiger partial charge >= 0.3 is 0 Å². The van der Waals surface area contributed by atoms with E-state index < -0.39 is 0 Å². The minimum absolute atomic E-state index is 0.0156. The summed E-state index contributed by atoms with van der Waals surface area (Å²) in [6, 6.07) is 14.6. The van der Waals surface area contributed by atoms with E-state index in [0.717, 1.165) is 34.1 Å². The van der Waals surface area contributed by atoms with Crippen LogP contribution in [0.1, 0.15) is 29.2 Å². The summed E-state index contributed by atoms with van der Waals surface area (Å²) >= 11 is 0. The molecule has 0 saturated carbocycles. The van der Waals surface area contributed by atoms with Crippen molar-refractivity contribution in [2.45, 2.75) is 26.7 Å². The molecule has 3 rings (SSSR count). The van der Waals surface area contributed by atoms with E-state index in [0.29, 0.717) is 6.42 Å². The third-order valence-corrected chi connectivity index (χ3v) is 4.71. The number of para-hydroxylation sites is 1. The molecule has 0 fully saturated rings. The number of aryl methyl sites for hydroxylation is 2. The number of nitrogens with zero attached hydrogens (tertiary/aromatic N) is 1. The quantitative estimate of drug-likeness (QED) is 0.787. The van der Waals surface area contributed by atoms with E-state index in [-0.39, 0.29) is 5.56 Å². The molecule has 0 aliphatic heterocycles. The molecular formula is C21H24N2O. The molecule has 124 valence electrons. The smallest absolute Gasteiger partial charge is 0.252 e. The van der Waals surface area contributed by atoms with Crippen molar-refractivity contribution in [2.75, 3.05) is 19.0 Å². The maximum Gasteiger partial charge on any atom is 0.252 e. The molecule has 24 heavy (non-hydrogen) atoms. The first kappa shape index (κ1) is 16.3. The Morgan fingerprint density at radius 2 is 1.83 bits per heavy atom. The molecule has 0 atom stereocenters. The first-order chi connectivity index (χ1) is 11.5. The Kier molecular flexibility index (Phi) is 4.43. The maximum atomic E-state index is 12.7. The topological polar surface area (TPSA) is 36.1 Å². The van der Waals surface area contributed by atoms with E-state index in [1.807, 2.05) is 26.2 Å². The average Bonchev–Trinajstić information content (AvgIpc) is 2.58. The normalized spacial score (nSPS) is 11.0. The lowest BCUT2D eigenvalue weighted by molar-refractivity contribution is 1.05. The number of H-pyrrole nitrogens is 1. The van der Waals surface area contributed by atoms with Gasteiger partial charge in [-0.05, 0) is 42.2 Å². The third-order valence-electron chi connectivity index (χ3n) is 4.71. The van der Waals surface area contributed by atoms with E-state index >= 15 is 0 Å². The average molecular weight is 320 g/mol. The van der Waals surface area contributed by atoms with E-state index in [4.69, 9.17) is 0 Å². The van der Waals surface area contributed by atoms with E-state index in [2.05, 4.69) is 54.1 Å². The summed E-state index contributed by atoms with van der Waals surface area (Å²) < 4.78 is 0. The van der Waals surface area contributed by atoms with Gasteiger partial charge in [-0.1, -0.05) is 37.3 Å². The first-order valence-electron chi connectivity index (χ1n) is 8.41. The van der Waals surface area contributed by atoms with Crippen LogP contribution in [-0.4, -0.2) is 19.1 Å². The predicted octanol–water partition coefficient (Wildman–Crippen LogP) is 4.06. The van der Waals surface area contributed by atoms with Crippen LogP contribution in [0.4, 0.5) is 5.69 Å². The highest BCUT2D eigenvalue weighted by molar-refractivity contribution is 5.83. The zero-order chi connectivity index (χ0) is 17.3. The van der Waals surface area contributed by atoms with Crippen molar-refractivity contribution in [2.24, 2.45) is 0 Å². The molecule has 2 aromatic carbocycles. The zero-order valence-electron chi connectivity index (χ0n) is 14.8. The number of benzene rings is 2.